The van der Waals surface area contributed by atoms with Crippen molar-refractivity contribution in [2.24, 2.45) is 0 Å². The van der Waals surface area contributed by atoms with E-state index in [2.05, 4.69) is 31.3 Å². The molecule has 1 aliphatic rings. The second-order valence-electron chi connectivity index (χ2n) is 4.53. The van der Waals surface area contributed by atoms with Crippen LogP contribution in [0.15, 0.2) is 22.9 Å². The smallest absolute Gasteiger partial charge is 0.229 e. The minimum absolute atomic E-state index is 0.102. The molecule has 21 heavy (non-hydrogen) atoms. The zero-order chi connectivity index (χ0) is 15.0. The summed E-state index contributed by atoms with van der Waals surface area (Å²) in [7, 11) is 3.17. The number of rotatable bonds is 3. The van der Waals surface area contributed by atoms with E-state index in [4.69, 9.17) is 9.47 Å². The molecule has 2 aromatic rings. The molecular formula is C13H13BrN4O3. The third kappa shape index (κ3) is 2.35. The fourth-order valence-corrected chi connectivity index (χ4v) is 2.91. The Kier molecular flexibility index (Phi) is 3.54. The minimum atomic E-state index is -0.270. The molecule has 1 aromatic carbocycles. The number of amides is 1. The highest BCUT2D eigenvalue weighted by Crippen LogP contribution is 2.39. The lowest BCUT2D eigenvalue weighted by atomic mass is 10.0. The van der Waals surface area contributed by atoms with Gasteiger partial charge < -0.3 is 9.47 Å². The van der Waals surface area contributed by atoms with Crippen LogP contribution in [0.1, 0.15) is 18.0 Å². The molecule has 2 heterocycles. The number of hydrogen-bond acceptors (Lipinski definition) is 5. The number of nitrogens with zero attached hydrogens (tertiary/aromatic N) is 3. The Morgan fingerprint density at radius 1 is 1.33 bits per heavy atom. The van der Waals surface area contributed by atoms with Gasteiger partial charge in [0.25, 0.3) is 0 Å². The van der Waals surface area contributed by atoms with E-state index in [1.807, 2.05) is 6.07 Å². The average Bonchev–Trinajstić information content (AvgIpc) is 2.94. The van der Waals surface area contributed by atoms with E-state index in [9.17, 15) is 4.79 Å². The van der Waals surface area contributed by atoms with E-state index in [1.165, 1.54) is 6.33 Å². The summed E-state index contributed by atoms with van der Waals surface area (Å²) in [6.45, 7) is 0. The maximum absolute atomic E-state index is 11.8. The zero-order valence-corrected chi connectivity index (χ0v) is 13.0. The van der Waals surface area contributed by atoms with Crippen LogP contribution in [0.3, 0.4) is 0 Å². The fraction of sp³-hybridized carbons (Fsp3) is 0.308. The first-order chi connectivity index (χ1) is 10.1. The maximum atomic E-state index is 11.8. The molecule has 0 unspecified atom stereocenters. The van der Waals surface area contributed by atoms with Gasteiger partial charge in [-0.2, -0.15) is 10.1 Å². The molecule has 1 atom stereocenters. The first kappa shape index (κ1) is 13.9. The highest BCUT2D eigenvalue weighted by atomic mass is 79.9. The highest BCUT2D eigenvalue weighted by molar-refractivity contribution is 9.10. The van der Waals surface area contributed by atoms with Gasteiger partial charge in [-0.25, -0.2) is 4.68 Å². The van der Waals surface area contributed by atoms with Crippen LogP contribution < -0.4 is 14.8 Å². The first-order valence-electron chi connectivity index (χ1n) is 6.24. The predicted molar refractivity (Wildman–Crippen MR) is 78.7 cm³/mol. The summed E-state index contributed by atoms with van der Waals surface area (Å²) in [6, 6.07) is 3.39. The van der Waals surface area contributed by atoms with Gasteiger partial charge in [-0.05, 0) is 22.0 Å². The molecule has 0 spiro atoms. The predicted octanol–water partition coefficient (Wildman–Crippen LogP) is 1.99. The topological polar surface area (TPSA) is 78.3 Å². The molecule has 0 bridgehead atoms. The van der Waals surface area contributed by atoms with E-state index in [1.54, 1.807) is 25.0 Å². The number of anilines is 1. The molecule has 7 nitrogen and oxygen atoms in total. The van der Waals surface area contributed by atoms with E-state index in [0.29, 0.717) is 17.4 Å². The molecule has 1 amide bonds. The summed E-state index contributed by atoms with van der Waals surface area (Å²) in [5.41, 5.74) is 0.840. The van der Waals surface area contributed by atoms with Crippen LogP contribution in [0.2, 0.25) is 0 Å². The van der Waals surface area contributed by atoms with Gasteiger partial charge in [0.1, 0.15) is 17.8 Å². The number of halogens is 1. The van der Waals surface area contributed by atoms with Crippen LogP contribution in [0.5, 0.6) is 11.5 Å². The van der Waals surface area contributed by atoms with Crippen LogP contribution in [0, 0.1) is 0 Å². The van der Waals surface area contributed by atoms with E-state index < -0.39 is 0 Å². The molecule has 8 heteroatoms. The Hall–Kier alpha value is -2.09. The van der Waals surface area contributed by atoms with Crippen LogP contribution in [-0.2, 0) is 4.79 Å². The van der Waals surface area contributed by atoms with Crippen molar-refractivity contribution in [2.75, 3.05) is 19.5 Å². The van der Waals surface area contributed by atoms with Crippen molar-refractivity contribution in [1.29, 1.82) is 0 Å². The number of carbonyl (C=O) groups is 1. The quantitative estimate of drug-likeness (QED) is 0.913. The Balaban J connectivity index is 2.13. The van der Waals surface area contributed by atoms with Crippen molar-refractivity contribution in [3.63, 3.8) is 0 Å². The number of ether oxygens (including phenoxy) is 2. The lowest BCUT2D eigenvalue weighted by Crippen LogP contribution is -2.29. The Morgan fingerprint density at radius 3 is 2.81 bits per heavy atom. The lowest BCUT2D eigenvalue weighted by Gasteiger charge is -2.25. The van der Waals surface area contributed by atoms with Gasteiger partial charge in [0.2, 0.25) is 11.9 Å². The summed E-state index contributed by atoms with van der Waals surface area (Å²) < 4.78 is 13.2. The second-order valence-corrected chi connectivity index (χ2v) is 5.38. The molecular weight excluding hydrogens is 340 g/mol. The number of aromatic nitrogens is 3. The van der Waals surface area contributed by atoms with Crippen molar-refractivity contribution >= 4 is 27.8 Å². The summed E-state index contributed by atoms with van der Waals surface area (Å²) >= 11 is 3.46. The van der Waals surface area contributed by atoms with Gasteiger partial charge in [-0.3, -0.25) is 10.1 Å². The van der Waals surface area contributed by atoms with E-state index in [-0.39, 0.29) is 18.4 Å². The van der Waals surface area contributed by atoms with Gasteiger partial charge in [0.05, 0.1) is 31.2 Å². The minimum Gasteiger partial charge on any atom is -0.496 e. The molecule has 1 aromatic heterocycles. The number of nitrogens with one attached hydrogen (secondary N) is 1. The van der Waals surface area contributed by atoms with Crippen LogP contribution in [0.4, 0.5) is 5.95 Å². The molecule has 1 aliphatic heterocycles. The Bertz CT molecular complexity index is 701. The SMILES string of the molecule is COc1cc(OC)c([C@@H]2CC(=O)Nc3ncnn32)cc1Br. The maximum Gasteiger partial charge on any atom is 0.229 e. The number of benzene rings is 1. The fourth-order valence-electron chi connectivity index (χ4n) is 2.39. The van der Waals surface area contributed by atoms with Crippen LogP contribution >= 0.6 is 15.9 Å². The molecule has 3 rings (SSSR count). The number of hydrogen-bond donors (Lipinski definition) is 1. The van der Waals surface area contributed by atoms with Crippen LogP contribution in [-0.4, -0.2) is 34.9 Å². The highest BCUT2D eigenvalue weighted by Gasteiger charge is 2.30. The third-order valence-electron chi connectivity index (χ3n) is 3.36. The molecule has 0 aliphatic carbocycles. The number of fused-ring (bicyclic) bond motifs is 1. The first-order valence-corrected chi connectivity index (χ1v) is 7.04. The zero-order valence-electron chi connectivity index (χ0n) is 11.5. The third-order valence-corrected chi connectivity index (χ3v) is 3.98. The Morgan fingerprint density at radius 2 is 2.10 bits per heavy atom. The van der Waals surface area contributed by atoms with Gasteiger partial charge >= 0.3 is 0 Å². The molecule has 110 valence electrons. The van der Waals surface area contributed by atoms with E-state index >= 15 is 0 Å². The normalized spacial score (nSPS) is 17.1. The van der Waals surface area contributed by atoms with Gasteiger partial charge in [-0.1, -0.05) is 0 Å². The van der Waals surface area contributed by atoms with Crippen molar-refractivity contribution in [1.82, 2.24) is 14.8 Å². The standard InChI is InChI=1S/C13H13BrN4O3/c1-20-10-5-11(21-2)8(14)3-7(10)9-4-12(19)17-13-15-6-16-18(9)13/h3,5-6,9H,4H2,1-2H3,(H,15,16,17,19)/t9-/m0/s1. The van der Waals surface area contributed by atoms with Crippen LogP contribution in [0.25, 0.3) is 0 Å². The van der Waals surface area contributed by atoms with Crippen molar-refractivity contribution in [3.05, 3.63) is 28.5 Å². The summed E-state index contributed by atoms with van der Waals surface area (Å²) in [6.07, 6.45) is 1.68. The molecule has 0 saturated carbocycles. The van der Waals surface area contributed by atoms with Gasteiger partial charge in [-0.15, -0.1) is 0 Å². The monoisotopic (exact) mass is 352 g/mol. The molecule has 1 N–H and O–H groups in total. The van der Waals surface area contributed by atoms with Crippen molar-refractivity contribution in [2.45, 2.75) is 12.5 Å². The summed E-state index contributed by atoms with van der Waals surface area (Å²) in [5, 5.41) is 6.87. The van der Waals surface area contributed by atoms with Crippen molar-refractivity contribution in [3.8, 4) is 11.5 Å². The average molecular weight is 353 g/mol. The summed E-state index contributed by atoms with van der Waals surface area (Å²) in [4.78, 5) is 15.9. The molecule has 0 radical (unpaired) electrons. The Labute approximate surface area is 129 Å². The van der Waals surface area contributed by atoms with Crippen molar-refractivity contribution < 1.29 is 14.3 Å². The molecule has 0 fully saturated rings. The van der Waals surface area contributed by atoms with Gasteiger partial charge in [0.15, 0.2) is 0 Å². The second kappa shape index (κ2) is 5.36. The summed E-state index contributed by atoms with van der Waals surface area (Å²) in [5.74, 6) is 1.63. The van der Waals surface area contributed by atoms with Gasteiger partial charge in [0, 0.05) is 11.6 Å². The number of methoxy groups -OCH3 is 2. The largest absolute Gasteiger partial charge is 0.496 e. The molecule has 0 saturated heterocycles. The number of carbonyl (C=O) groups excluding carboxylic acids is 1. The van der Waals surface area contributed by atoms with E-state index in [0.717, 1.165) is 10.0 Å². The lowest BCUT2D eigenvalue weighted by molar-refractivity contribution is -0.117.